The lowest BCUT2D eigenvalue weighted by Crippen LogP contribution is -2.52. The summed E-state index contributed by atoms with van der Waals surface area (Å²) in [4.78, 5) is 12.4. The summed E-state index contributed by atoms with van der Waals surface area (Å²) < 4.78 is 7.90. The number of aliphatic hydroxyl groups excluding tert-OH is 1. The Balaban J connectivity index is 1.23. The predicted octanol–water partition coefficient (Wildman–Crippen LogP) is 3.64. The van der Waals surface area contributed by atoms with Crippen LogP contribution in [0.3, 0.4) is 0 Å². The Hall–Kier alpha value is -2.94. The van der Waals surface area contributed by atoms with Crippen LogP contribution in [-0.2, 0) is 17.7 Å². The Labute approximate surface area is 197 Å². The molecule has 1 aliphatic rings. The highest BCUT2D eigenvalue weighted by molar-refractivity contribution is 6.30. The molecule has 0 bridgehead atoms. The van der Waals surface area contributed by atoms with E-state index in [1.54, 1.807) is 24.3 Å². The van der Waals surface area contributed by atoms with Crippen LogP contribution in [-0.4, -0.2) is 51.0 Å². The van der Waals surface area contributed by atoms with Crippen LogP contribution in [0.4, 0.5) is 10.5 Å². The summed E-state index contributed by atoms with van der Waals surface area (Å²) >= 11 is 5.96. The number of aryl methyl sites for hydroxylation is 1. The normalized spacial score (nSPS) is 20.4. The molecule has 9 heteroatoms. The molecule has 0 spiro atoms. The fourth-order valence-corrected chi connectivity index (χ4v) is 4.21. The molecule has 0 radical (unpaired) electrons. The molecule has 2 amide bonds. The molecule has 33 heavy (non-hydrogen) atoms. The van der Waals surface area contributed by atoms with E-state index in [-0.39, 0.29) is 24.8 Å². The lowest BCUT2D eigenvalue weighted by atomic mass is 9.97. The lowest BCUT2D eigenvalue weighted by Gasteiger charge is -2.36. The molecular formula is C24H28ClN5O3. The van der Waals surface area contributed by atoms with Crippen molar-refractivity contribution in [3.8, 4) is 0 Å². The zero-order valence-corrected chi connectivity index (χ0v) is 19.0. The van der Waals surface area contributed by atoms with Gasteiger partial charge >= 0.3 is 6.03 Å². The predicted molar refractivity (Wildman–Crippen MR) is 126 cm³/mol. The van der Waals surface area contributed by atoms with Crippen molar-refractivity contribution in [3.05, 3.63) is 77.1 Å². The maximum Gasteiger partial charge on any atom is 0.319 e. The number of aliphatic hydroxyl groups is 1. The van der Waals surface area contributed by atoms with Gasteiger partial charge in [-0.05, 0) is 43.0 Å². The number of nitrogens with zero attached hydrogens (tertiary/aromatic N) is 3. The van der Waals surface area contributed by atoms with Gasteiger partial charge in [0.25, 0.3) is 0 Å². The first-order chi connectivity index (χ1) is 16.1. The van der Waals surface area contributed by atoms with E-state index in [1.165, 1.54) is 5.56 Å². The number of benzene rings is 2. The number of anilines is 1. The average Bonchev–Trinajstić information content (AvgIpc) is 3.26. The van der Waals surface area contributed by atoms with E-state index in [0.29, 0.717) is 17.3 Å². The zero-order chi connectivity index (χ0) is 23.0. The van der Waals surface area contributed by atoms with Crippen LogP contribution in [0.1, 0.15) is 30.5 Å². The van der Waals surface area contributed by atoms with Gasteiger partial charge in [-0.1, -0.05) is 53.2 Å². The van der Waals surface area contributed by atoms with E-state index < -0.39 is 6.10 Å². The summed E-state index contributed by atoms with van der Waals surface area (Å²) in [7, 11) is 0. The van der Waals surface area contributed by atoms with E-state index in [0.717, 1.165) is 31.4 Å². The van der Waals surface area contributed by atoms with E-state index in [1.807, 2.05) is 29.1 Å². The number of carbonyl (C=O) groups is 1. The molecule has 3 N–H and O–H groups in total. The molecule has 2 heterocycles. The van der Waals surface area contributed by atoms with Gasteiger partial charge in [0.2, 0.25) is 0 Å². The van der Waals surface area contributed by atoms with E-state index in [4.69, 9.17) is 16.3 Å². The second kappa shape index (κ2) is 11.3. The molecule has 1 fully saturated rings. The first-order valence-electron chi connectivity index (χ1n) is 11.1. The lowest BCUT2D eigenvalue weighted by molar-refractivity contribution is -0.0905. The van der Waals surface area contributed by atoms with Crippen LogP contribution in [0.5, 0.6) is 0 Å². The molecule has 4 rings (SSSR count). The van der Waals surface area contributed by atoms with Crippen molar-refractivity contribution in [2.75, 3.05) is 11.9 Å². The highest BCUT2D eigenvalue weighted by atomic mass is 35.5. The van der Waals surface area contributed by atoms with Crippen molar-refractivity contribution in [2.24, 2.45) is 0 Å². The molecule has 1 saturated heterocycles. The fraction of sp³-hybridized carbons (Fsp3) is 0.375. The first kappa shape index (κ1) is 23.2. The molecule has 2 aromatic carbocycles. The number of urea groups is 1. The summed E-state index contributed by atoms with van der Waals surface area (Å²) in [6.45, 7) is 0.515. The number of amides is 2. The smallest absolute Gasteiger partial charge is 0.319 e. The van der Waals surface area contributed by atoms with Crippen LogP contribution >= 0.6 is 11.6 Å². The minimum atomic E-state index is -0.460. The molecule has 0 saturated carbocycles. The Morgan fingerprint density at radius 3 is 2.82 bits per heavy atom. The summed E-state index contributed by atoms with van der Waals surface area (Å²) in [6, 6.07) is 16.5. The van der Waals surface area contributed by atoms with Crippen molar-refractivity contribution in [2.45, 2.75) is 50.5 Å². The molecule has 0 unspecified atom stereocenters. The van der Waals surface area contributed by atoms with Gasteiger partial charge in [-0.25, -0.2) is 4.79 Å². The van der Waals surface area contributed by atoms with Crippen LogP contribution in [0.2, 0.25) is 5.02 Å². The van der Waals surface area contributed by atoms with E-state index in [9.17, 15) is 9.90 Å². The van der Waals surface area contributed by atoms with Crippen molar-refractivity contribution in [3.63, 3.8) is 0 Å². The summed E-state index contributed by atoms with van der Waals surface area (Å²) in [5.41, 5.74) is 2.73. The number of aromatic nitrogens is 3. The number of hydrogen-bond donors (Lipinski definition) is 3. The number of nitrogens with one attached hydrogen (secondary N) is 2. The molecule has 174 valence electrons. The topological polar surface area (TPSA) is 101 Å². The monoisotopic (exact) mass is 469 g/mol. The maximum absolute atomic E-state index is 12.4. The van der Waals surface area contributed by atoms with E-state index in [2.05, 4.69) is 33.1 Å². The Kier molecular flexibility index (Phi) is 7.93. The first-order valence-corrected chi connectivity index (χ1v) is 11.5. The zero-order valence-electron chi connectivity index (χ0n) is 18.2. The van der Waals surface area contributed by atoms with Gasteiger partial charge in [0.1, 0.15) is 6.10 Å². The molecule has 1 aromatic heterocycles. The summed E-state index contributed by atoms with van der Waals surface area (Å²) in [5.74, 6) is 0. The van der Waals surface area contributed by atoms with Crippen LogP contribution in [0.15, 0.2) is 60.8 Å². The molecule has 0 aliphatic carbocycles. The highest BCUT2D eigenvalue weighted by Crippen LogP contribution is 2.23. The standard InChI is InChI=1S/C24H28ClN5O3/c25-18-7-4-8-19(14-18)26-24(32)27-22-10-9-21(33-23(22)16-31)11-12-30-15-20(28-29-30)13-17-5-2-1-3-6-17/h1-8,14-15,21-23,31H,9-13,16H2,(H2,26,27,32)/t21-,22+,23+/m1/s1. The Morgan fingerprint density at radius 1 is 1.18 bits per heavy atom. The number of halogens is 1. The SMILES string of the molecule is O=C(Nc1cccc(Cl)c1)N[C@H]1CC[C@H](CCn2cc(Cc3ccccc3)nn2)O[C@H]1CO. The quantitative estimate of drug-likeness (QED) is 0.467. The van der Waals surface area contributed by atoms with Crippen molar-refractivity contribution < 1.29 is 14.6 Å². The van der Waals surface area contributed by atoms with Crippen LogP contribution < -0.4 is 10.6 Å². The Morgan fingerprint density at radius 2 is 2.03 bits per heavy atom. The molecular weight excluding hydrogens is 442 g/mol. The molecule has 8 nitrogen and oxygen atoms in total. The average molecular weight is 470 g/mol. The molecule has 3 aromatic rings. The maximum atomic E-state index is 12.4. The minimum absolute atomic E-state index is 0.0158. The van der Waals surface area contributed by atoms with Crippen molar-refractivity contribution in [1.29, 1.82) is 0 Å². The molecule has 1 aliphatic heterocycles. The molecule has 3 atom stereocenters. The third-order valence-electron chi connectivity index (χ3n) is 5.69. The second-order valence-electron chi connectivity index (χ2n) is 8.20. The highest BCUT2D eigenvalue weighted by Gasteiger charge is 2.31. The van der Waals surface area contributed by atoms with Gasteiger partial charge in [-0.15, -0.1) is 5.10 Å². The van der Waals surface area contributed by atoms with Gasteiger partial charge in [0.15, 0.2) is 0 Å². The van der Waals surface area contributed by atoms with Crippen LogP contribution in [0, 0.1) is 0 Å². The van der Waals surface area contributed by atoms with Gasteiger partial charge in [0.05, 0.1) is 24.4 Å². The fourth-order valence-electron chi connectivity index (χ4n) is 4.02. The number of ether oxygens (including phenoxy) is 1. The van der Waals surface area contributed by atoms with Gasteiger partial charge in [-0.2, -0.15) is 0 Å². The Bertz CT molecular complexity index is 1050. The third kappa shape index (κ3) is 6.77. The summed E-state index contributed by atoms with van der Waals surface area (Å²) in [6.07, 6.45) is 4.49. The largest absolute Gasteiger partial charge is 0.394 e. The second-order valence-corrected chi connectivity index (χ2v) is 8.63. The van der Waals surface area contributed by atoms with Crippen LogP contribution in [0.25, 0.3) is 0 Å². The van der Waals surface area contributed by atoms with Crippen molar-refractivity contribution >= 4 is 23.3 Å². The third-order valence-corrected chi connectivity index (χ3v) is 5.92. The van der Waals surface area contributed by atoms with Crippen molar-refractivity contribution in [1.82, 2.24) is 20.3 Å². The minimum Gasteiger partial charge on any atom is -0.394 e. The van der Waals surface area contributed by atoms with Gasteiger partial charge in [-0.3, -0.25) is 4.68 Å². The number of carbonyl (C=O) groups excluding carboxylic acids is 1. The number of hydrogen-bond acceptors (Lipinski definition) is 5. The summed E-state index contributed by atoms with van der Waals surface area (Å²) in [5, 5.41) is 24.5. The van der Waals surface area contributed by atoms with Gasteiger partial charge < -0.3 is 20.5 Å². The number of rotatable bonds is 8. The van der Waals surface area contributed by atoms with Gasteiger partial charge in [0, 0.05) is 29.9 Å². The van der Waals surface area contributed by atoms with E-state index >= 15 is 0 Å².